The van der Waals surface area contributed by atoms with Gasteiger partial charge < -0.3 is 5.32 Å². The molecule has 118 valence electrons. The normalized spacial score (nSPS) is 11.3. The van der Waals surface area contributed by atoms with Gasteiger partial charge in [-0.1, -0.05) is 0 Å². The number of aryl methyl sites for hydroxylation is 2. The molecular formula is C14H18N4O3S. The zero-order valence-electron chi connectivity index (χ0n) is 12.8. The lowest BCUT2D eigenvalue weighted by Gasteiger charge is -2.09. The van der Waals surface area contributed by atoms with Crippen LogP contribution < -0.4 is 10.0 Å². The maximum absolute atomic E-state index is 12.4. The van der Waals surface area contributed by atoms with E-state index in [1.54, 1.807) is 25.6 Å². The topological polar surface area (TPSA) is 93.1 Å². The Morgan fingerprint density at radius 1 is 1.18 bits per heavy atom. The molecule has 0 bridgehead atoms. The summed E-state index contributed by atoms with van der Waals surface area (Å²) in [5, 5.41) is 6.66. The molecular weight excluding hydrogens is 304 g/mol. The van der Waals surface area contributed by atoms with E-state index in [4.69, 9.17) is 0 Å². The van der Waals surface area contributed by atoms with Gasteiger partial charge in [0, 0.05) is 19.7 Å². The molecule has 0 aliphatic rings. The van der Waals surface area contributed by atoms with Crippen LogP contribution in [0.4, 0.5) is 5.69 Å². The largest absolute Gasteiger partial charge is 0.355 e. The first-order valence-electron chi connectivity index (χ1n) is 6.61. The molecule has 0 unspecified atom stereocenters. The van der Waals surface area contributed by atoms with Crippen molar-refractivity contribution in [3.63, 3.8) is 0 Å². The third kappa shape index (κ3) is 2.96. The highest BCUT2D eigenvalue weighted by Gasteiger charge is 2.19. The first kappa shape index (κ1) is 16.0. The van der Waals surface area contributed by atoms with Gasteiger partial charge in [0.2, 0.25) is 0 Å². The molecule has 1 aromatic heterocycles. The van der Waals surface area contributed by atoms with Gasteiger partial charge in [-0.25, -0.2) is 8.42 Å². The molecule has 2 N–H and O–H groups in total. The molecule has 1 heterocycles. The summed E-state index contributed by atoms with van der Waals surface area (Å²) in [6, 6.07) is 5.73. The summed E-state index contributed by atoms with van der Waals surface area (Å²) in [5.41, 5.74) is 2.20. The quantitative estimate of drug-likeness (QED) is 0.884. The third-order valence-corrected chi connectivity index (χ3v) is 4.76. The van der Waals surface area contributed by atoms with Crippen LogP contribution in [0.15, 0.2) is 29.2 Å². The summed E-state index contributed by atoms with van der Waals surface area (Å²) < 4.78 is 29.0. The van der Waals surface area contributed by atoms with Crippen molar-refractivity contribution in [3.8, 4) is 0 Å². The van der Waals surface area contributed by atoms with E-state index in [2.05, 4.69) is 15.1 Å². The van der Waals surface area contributed by atoms with Crippen LogP contribution in [-0.2, 0) is 17.1 Å². The lowest BCUT2D eigenvalue weighted by Crippen LogP contribution is -2.18. The van der Waals surface area contributed by atoms with Crippen molar-refractivity contribution < 1.29 is 13.2 Å². The van der Waals surface area contributed by atoms with E-state index in [1.165, 1.54) is 31.3 Å². The summed E-state index contributed by atoms with van der Waals surface area (Å²) in [4.78, 5) is 11.6. The monoisotopic (exact) mass is 322 g/mol. The summed E-state index contributed by atoms with van der Waals surface area (Å²) in [5.74, 6) is -0.268. The minimum Gasteiger partial charge on any atom is -0.355 e. The lowest BCUT2D eigenvalue weighted by molar-refractivity contribution is 0.0963. The van der Waals surface area contributed by atoms with Gasteiger partial charge in [-0.15, -0.1) is 0 Å². The Bertz CT molecular complexity index is 807. The van der Waals surface area contributed by atoms with Crippen molar-refractivity contribution in [1.82, 2.24) is 15.1 Å². The highest BCUT2D eigenvalue weighted by atomic mass is 32.2. The summed E-state index contributed by atoms with van der Waals surface area (Å²) in [7, 11) is -0.465. The van der Waals surface area contributed by atoms with Crippen LogP contribution in [-0.4, -0.2) is 31.2 Å². The van der Waals surface area contributed by atoms with Crippen molar-refractivity contribution in [2.24, 2.45) is 7.05 Å². The maximum atomic E-state index is 12.4. The first-order valence-corrected chi connectivity index (χ1v) is 8.09. The van der Waals surface area contributed by atoms with Gasteiger partial charge in [0.05, 0.1) is 22.0 Å². The fraction of sp³-hybridized carbons (Fsp3) is 0.286. The average Bonchev–Trinajstić information content (AvgIpc) is 2.73. The molecule has 1 amide bonds. The molecule has 0 fully saturated rings. The van der Waals surface area contributed by atoms with Crippen LogP contribution in [0.25, 0.3) is 0 Å². The summed E-state index contributed by atoms with van der Waals surface area (Å²) in [6.45, 7) is 3.52. The van der Waals surface area contributed by atoms with E-state index in [9.17, 15) is 13.2 Å². The third-order valence-electron chi connectivity index (χ3n) is 3.40. The van der Waals surface area contributed by atoms with Gasteiger partial charge >= 0.3 is 0 Å². The van der Waals surface area contributed by atoms with E-state index in [0.29, 0.717) is 16.9 Å². The van der Waals surface area contributed by atoms with Crippen molar-refractivity contribution in [2.45, 2.75) is 18.7 Å². The lowest BCUT2D eigenvalue weighted by atomic mass is 10.2. The van der Waals surface area contributed by atoms with Gasteiger partial charge in [-0.3, -0.25) is 14.2 Å². The number of carbonyl (C=O) groups excluding carboxylic acids is 1. The van der Waals surface area contributed by atoms with E-state index in [1.807, 2.05) is 0 Å². The molecule has 0 aliphatic heterocycles. The number of anilines is 1. The van der Waals surface area contributed by atoms with Crippen LogP contribution in [0.1, 0.15) is 21.7 Å². The van der Waals surface area contributed by atoms with Gasteiger partial charge in [0.1, 0.15) is 0 Å². The number of nitrogens with one attached hydrogen (secondary N) is 2. The van der Waals surface area contributed by atoms with Gasteiger partial charge in [-0.2, -0.15) is 5.10 Å². The standard InChI is InChI=1S/C14H18N4O3S/c1-9-13(10(2)18(4)16-9)17-22(20,21)12-7-5-11(6-8-12)14(19)15-3/h5-8,17H,1-4H3,(H,15,19). The second kappa shape index (κ2) is 5.80. The number of amides is 1. The fourth-order valence-corrected chi connectivity index (χ4v) is 3.22. The SMILES string of the molecule is CNC(=O)c1ccc(S(=O)(=O)Nc2c(C)nn(C)c2C)cc1. The smallest absolute Gasteiger partial charge is 0.262 e. The Kier molecular flexibility index (Phi) is 4.23. The van der Waals surface area contributed by atoms with Gasteiger partial charge in [0.15, 0.2) is 0 Å². The summed E-state index contributed by atoms with van der Waals surface area (Å²) >= 11 is 0. The number of carbonyl (C=O) groups is 1. The van der Waals surface area contributed by atoms with Crippen LogP contribution in [0.3, 0.4) is 0 Å². The minimum absolute atomic E-state index is 0.0859. The van der Waals surface area contributed by atoms with Crippen molar-refractivity contribution in [3.05, 3.63) is 41.2 Å². The highest BCUT2D eigenvalue weighted by molar-refractivity contribution is 7.92. The van der Waals surface area contributed by atoms with Crippen molar-refractivity contribution in [1.29, 1.82) is 0 Å². The molecule has 8 heteroatoms. The zero-order chi connectivity index (χ0) is 16.5. The molecule has 0 aliphatic carbocycles. The first-order chi connectivity index (χ1) is 10.3. The van der Waals surface area contributed by atoms with Crippen LogP contribution in [0.2, 0.25) is 0 Å². The number of rotatable bonds is 4. The Morgan fingerprint density at radius 2 is 1.77 bits per heavy atom. The van der Waals surface area contributed by atoms with E-state index >= 15 is 0 Å². The fourth-order valence-electron chi connectivity index (χ4n) is 2.04. The number of sulfonamides is 1. The molecule has 0 radical (unpaired) electrons. The molecule has 0 atom stereocenters. The van der Waals surface area contributed by atoms with Gasteiger partial charge in [-0.05, 0) is 38.1 Å². The second-order valence-electron chi connectivity index (χ2n) is 4.88. The second-order valence-corrected chi connectivity index (χ2v) is 6.56. The highest BCUT2D eigenvalue weighted by Crippen LogP contribution is 2.22. The van der Waals surface area contributed by atoms with Crippen molar-refractivity contribution in [2.75, 3.05) is 11.8 Å². The molecule has 0 spiro atoms. The van der Waals surface area contributed by atoms with Crippen molar-refractivity contribution >= 4 is 21.6 Å². The molecule has 0 saturated heterocycles. The van der Waals surface area contributed by atoms with Gasteiger partial charge in [0.25, 0.3) is 15.9 Å². The predicted octanol–water partition coefficient (Wildman–Crippen LogP) is 1.20. The molecule has 2 rings (SSSR count). The number of benzene rings is 1. The Hall–Kier alpha value is -2.35. The number of hydrogen-bond donors (Lipinski definition) is 2. The van der Waals surface area contributed by atoms with E-state index < -0.39 is 10.0 Å². The Labute approximate surface area is 129 Å². The molecule has 0 saturated carbocycles. The van der Waals surface area contributed by atoms with Crippen LogP contribution in [0, 0.1) is 13.8 Å². The van der Waals surface area contributed by atoms with Crippen LogP contribution >= 0.6 is 0 Å². The Balaban J connectivity index is 2.33. The number of nitrogens with zero attached hydrogens (tertiary/aromatic N) is 2. The average molecular weight is 322 g/mol. The molecule has 22 heavy (non-hydrogen) atoms. The van der Waals surface area contributed by atoms with E-state index in [-0.39, 0.29) is 10.8 Å². The Morgan fingerprint density at radius 3 is 2.23 bits per heavy atom. The molecule has 1 aromatic carbocycles. The maximum Gasteiger partial charge on any atom is 0.262 e. The molecule has 2 aromatic rings. The molecule has 7 nitrogen and oxygen atoms in total. The minimum atomic E-state index is -3.73. The number of aromatic nitrogens is 2. The number of hydrogen-bond acceptors (Lipinski definition) is 4. The zero-order valence-corrected chi connectivity index (χ0v) is 13.7. The van der Waals surface area contributed by atoms with Crippen LogP contribution in [0.5, 0.6) is 0 Å². The summed E-state index contributed by atoms with van der Waals surface area (Å²) in [6.07, 6.45) is 0. The van der Waals surface area contributed by atoms with E-state index in [0.717, 1.165) is 5.69 Å². The predicted molar refractivity (Wildman–Crippen MR) is 83.3 cm³/mol.